The second-order valence-electron chi connectivity index (χ2n) is 6.45. The Bertz CT molecular complexity index is 607. The Morgan fingerprint density at radius 3 is 2.48 bits per heavy atom. The molecule has 0 atom stereocenters. The molecule has 2 amide bonds. The van der Waals surface area contributed by atoms with E-state index in [0.717, 1.165) is 26.2 Å². The summed E-state index contributed by atoms with van der Waals surface area (Å²) in [6.45, 7) is 12.2. The third-order valence-corrected chi connectivity index (χ3v) is 4.36. The largest absolute Gasteiger partial charge is 0.353 e. The number of nitrogens with zero attached hydrogens (tertiary/aromatic N) is 3. The molecule has 7 nitrogen and oxygen atoms in total. The van der Waals surface area contributed by atoms with Gasteiger partial charge >= 0.3 is 0 Å². The van der Waals surface area contributed by atoms with E-state index >= 15 is 0 Å². The number of carbonyl (C=O) groups excluding carboxylic acids is 2. The first kappa shape index (κ1) is 19.2. The minimum Gasteiger partial charge on any atom is -0.353 e. The maximum Gasteiger partial charge on any atom is 0.257 e. The number of hydrogen-bond donors (Lipinski definition) is 2. The second kappa shape index (κ2) is 8.80. The Kier molecular flexibility index (Phi) is 6.75. The summed E-state index contributed by atoms with van der Waals surface area (Å²) in [5.74, 6) is 0.431. The molecule has 1 saturated heterocycles. The van der Waals surface area contributed by atoms with Gasteiger partial charge < -0.3 is 20.4 Å². The Hall–Kier alpha value is -2.15. The van der Waals surface area contributed by atoms with Crippen LogP contribution in [0.1, 0.15) is 38.1 Å². The van der Waals surface area contributed by atoms with Gasteiger partial charge in [-0.3, -0.25) is 9.59 Å². The molecule has 1 aromatic heterocycles. The van der Waals surface area contributed by atoms with Crippen LogP contribution in [0.2, 0.25) is 0 Å². The van der Waals surface area contributed by atoms with Crippen LogP contribution >= 0.6 is 0 Å². The summed E-state index contributed by atoms with van der Waals surface area (Å²) in [6.07, 6.45) is 1.64. The zero-order chi connectivity index (χ0) is 18.4. The van der Waals surface area contributed by atoms with Crippen molar-refractivity contribution in [2.75, 3.05) is 49.5 Å². The molecule has 0 radical (unpaired) electrons. The lowest BCUT2D eigenvalue weighted by Gasteiger charge is -2.31. The van der Waals surface area contributed by atoms with E-state index in [1.54, 1.807) is 17.2 Å². The van der Waals surface area contributed by atoms with E-state index in [4.69, 9.17) is 0 Å². The van der Waals surface area contributed by atoms with Crippen molar-refractivity contribution < 1.29 is 9.59 Å². The Morgan fingerprint density at radius 1 is 1.28 bits per heavy atom. The average Bonchev–Trinajstić information content (AvgIpc) is 2.63. The fraction of sp³-hybridized carbons (Fsp3) is 0.611. The second-order valence-corrected chi connectivity index (χ2v) is 6.45. The standard InChI is InChI=1S/C18H29N5O2/c1-5-22(6-2)18(25)15-11-14(21-17(24)13(3)4)12-20-16(15)23-9-7-19-8-10-23/h11-13,19H,5-10H2,1-4H3,(H,21,24). The van der Waals surface area contributed by atoms with Crippen LogP contribution in [0.4, 0.5) is 11.5 Å². The van der Waals surface area contributed by atoms with E-state index in [1.807, 2.05) is 27.7 Å². The van der Waals surface area contributed by atoms with Crippen LogP contribution in [0.3, 0.4) is 0 Å². The van der Waals surface area contributed by atoms with E-state index in [9.17, 15) is 9.59 Å². The van der Waals surface area contributed by atoms with Gasteiger partial charge in [0.2, 0.25) is 5.91 Å². The molecular weight excluding hydrogens is 318 g/mol. The summed E-state index contributed by atoms with van der Waals surface area (Å²) in [5, 5.41) is 6.15. The molecule has 0 bridgehead atoms. The highest BCUT2D eigenvalue weighted by Crippen LogP contribution is 2.24. The van der Waals surface area contributed by atoms with Crippen molar-refractivity contribution in [2.45, 2.75) is 27.7 Å². The number of carbonyl (C=O) groups is 2. The topological polar surface area (TPSA) is 77.6 Å². The lowest BCUT2D eigenvalue weighted by Crippen LogP contribution is -2.45. The van der Waals surface area contributed by atoms with Gasteiger partial charge in [-0.05, 0) is 19.9 Å². The zero-order valence-electron chi connectivity index (χ0n) is 15.6. The molecule has 0 aliphatic carbocycles. The van der Waals surface area contributed by atoms with Crippen LogP contribution in [0.5, 0.6) is 0 Å². The predicted octanol–water partition coefficient (Wildman–Crippen LogP) is 1.57. The Labute approximate surface area is 149 Å². The first-order chi connectivity index (χ1) is 12.0. The molecule has 1 aliphatic rings. The first-order valence-corrected chi connectivity index (χ1v) is 9.03. The van der Waals surface area contributed by atoms with Gasteiger partial charge in [0.25, 0.3) is 5.91 Å². The van der Waals surface area contributed by atoms with Gasteiger partial charge in [-0.25, -0.2) is 4.98 Å². The summed E-state index contributed by atoms with van der Waals surface area (Å²) in [4.78, 5) is 33.4. The highest BCUT2D eigenvalue weighted by Gasteiger charge is 2.23. The molecule has 1 aromatic rings. The van der Waals surface area contributed by atoms with Crippen molar-refractivity contribution in [3.05, 3.63) is 17.8 Å². The van der Waals surface area contributed by atoms with Gasteiger partial charge in [0.1, 0.15) is 5.82 Å². The van der Waals surface area contributed by atoms with Gasteiger partial charge in [0, 0.05) is 45.2 Å². The van der Waals surface area contributed by atoms with Crippen LogP contribution in [0, 0.1) is 5.92 Å². The molecule has 1 fully saturated rings. The van der Waals surface area contributed by atoms with Crippen LogP contribution < -0.4 is 15.5 Å². The van der Waals surface area contributed by atoms with Crippen molar-refractivity contribution >= 4 is 23.3 Å². The van der Waals surface area contributed by atoms with Gasteiger partial charge in [-0.15, -0.1) is 0 Å². The SMILES string of the molecule is CCN(CC)C(=O)c1cc(NC(=O)C(C)C)cnc1N1CCNCC1. The number of rotatable bonds is 6. The lowest BCUT2D eigenvalue weighted by molar-refractivity contribution is -0.118. The predicted molar refractivity (Wildman–Crippen MR) is 100 cm³/mol. The van der Waals surface area contributed by atoms with E-state index in [-0.39, 0.29) is 17.7 Å². The molecule has 0 spiro atoms. The zero-order valence-corrected chi connectivity index (χ0v) is 15.6. The minimum absolute atomic E-state index is 0.0494. The molecule has 1 aliphatic heterocycles. The van der Waals surface area contributed by atoms with E-state index < -0.39 is 0 Å². The monoisotopic (exact) mass is 347 g/mol. The fourth-order valence-corrected chi connectivity index (χ4v) is 2.78. The number of hydrogen-bond acceptors (Lipinski definition) is 5. The maximum absolute atomic E-state index is 13.0. The molecule has 7 heteroatoms. The van der Waals surface area contributed by atoms with Crippen LogP contribution in [0.15, 0.2) is 12.3 Å². The molecule has 0 aromatic carbocycles. The molecule has 2 rings (SSSR count). The van der Waals surface area contributed by atoms with Crippen molar-refractivity contribution in [2.24, 2.45) is 5.92 Å². The van der Waals surface area contributed by atoms with E-state index in [0.29, 0.717) is 30.2 Å². The van der Waals surface area contributed by atoms with Crippen LogP contribution in [0.25, 0.3) is 0 Å². The van der Waals surface area contributed by atoms with Crippen molar-refractivity contribution in [3.8, 4) is 0 Å². The quantitative estimate of drug-likeness (QED) is 0.817. The molecular formula is C18H29N5O2. The highest BCUT2D eigenvalue weighted by molar-refractivity contribution is 6.01. The van der Waals surface area contributed by atoms with Gasteiger partial charge in [-0.1, -0.05) is 13.8 Å². The summed E-state index contributed by atoms with van der Waals surface area (Å²) < 4.78 is 0. The third-order valence-electron chi connectivity index (χ3n) is 4.36. The number of pyridine rings is 1. The number of nitrogens with one attached hydrogen (secondary N) is 2. The van der Waals surface area contributed by atoms with Gasteiger partial charge in [0.05, 0.1) is 17.4 Å². The number of amides is 2. The smallest absolute Gasteiger partial charge is 0.257 e. The van der Waals surface area contributed by atoms with Crippen LogP contribution in [-0.4, -0.2) is 61.0 Å². The number of anilines is 2. The summed E-state index contributed by atoms with van der Waals surface area (Å²) in [6, 6.07) is 1.76. The maximum atomic E-state index is 13.0. The summed E-state index contributed by atoms with van der Waals surface area (Å²) >= 11 is 0. The fourth-order valence-electron chi connectivity index (χ4n) is 2.78. The molecule has 138 valence electrons. The highest BCUT2D eigenvalue weighted by atomic mass is 16.2. The molecule has 2 N–H and O–H groups in total. The summed E-state index contributed by atoms with van der Waals surface area (Å²) in [7, 11) is 0. The lowest BCUT2D eigenvalue weighted by atomic mass is 10.1. The van der Waals surface area contributed by atoms with Gasteiger partial charge in [0.15, 0.2) is 0 Å². The first-order valence-electron chi connectivity index (χ1n) is 9.03. The number of aromatic nitrogens is 1. The van der Waals surface area contributed by atoms with Crippen molar-refractivity contribution in [1.82, 2.24) is 15.2 Å². The molecule has 0 unspecified atom stereocenters. The molecule has 25 heavy (non-hydrogen) atoms. The third kappa shape index (κ3) is 4.69. The van der Waals surface area contributed by atoms with Gasteiger partial charge in [-0.2, -0.15) is 0 Å². The Morgan fingerprint density at radius 2 is 1.92 bits per heavy atom. The minimum atomic E-state index is -0.130. The number of piperazine rings is 1. The molecule has 0 saturated carbocycles. The van der Waals surface area contributed by atoms with Crippen molar-refractivity contribution in [3.63, 3.8) is 0 Å². The van der Waals surface area contributed by atoms with E-state index in [1.165, 1.54) is 0 Å². The van der Waals surface area contributed by atoms with Crippen LogP contribution in [-0.2, 0) is 4.79 Å². The average molecular weight is 347 g/mol. The normalized spacial score (nSPS) is 14.5. The van der Waals surface area contributed by atoms with Crippen molar-refractivity contribution in [1.29, 1.82) is 0 Å². The Balaban J connectivity index is 2.37. The molecule has 2 heterocycles. The van der Waals surface area contributed by atoms with E-state index in [2.05, 4.69) is 20.5 Å². The summed E-state index contributed by atoms with van der Waals surface area (Å²) in [5.41, 5.74) is 1.11.